The monoisotopic (exact) mass is 383 g/mol. The molecule has 8 heteroatoms. The first-order chi connectivity index (χ1) is 13.1. The van der Waals surface area contributed by atoms with Gasteiger partial charge in [-0.2, -0.15) is 0 Å². The van der Waals surface area contributed by atoms with Crippen LogP contribution in [0.3, 0.4) is 0 Å². The molecule has 1 N–H and O–H groups in total. The summed E-state index contributed by atoms with van der Waals surface area (Å²) >= 11 is 1.41. The molecule has 1 aromatic carbocycles. The van der Waals surface area contributed by atoms with Crippen LogP contribution in [0.15, 0.2) is 46.1 Å². The van der Waals surface area contributed by atoms with E-state index < -0.39 is 0 Å². The lowest BCUT2D eigenvalue weighted by atomic mass is 10.2. The summed E-state index contributed by atoms with van der Waals surface area (Å²) in [6.45, 7) is 4.34. The predicted molar refractivity (Wildman–Crippen MR) is 103 cm³/mol. The number of carbonyl (C=O) groups is 1. The Morgan fingerprint density at radius 3 is 2.78 bits per heavy atom. The number of thioether (sulfide) groups is 1. The van der Waals surface area contributed by atoms with Crippen molar-refractivity contribution in [3.05, 3.63) is 53.5 Å². The molecule has 1 aliphatic carbocycles. The van der Waals surface area contributed by atoms with E-state index in [0.29, 0.717) is 24.0 Å². The van der Waals surface area contributed by atoms with Gasteiger partial charge in [-0.05, 0) is 32.3 Å². The number of nitrogens with one attached hydrogen (secondary N) is 1. The lowest BCUT2D eigenvalue weighted by Crippen LogP contribution is -2.23. The van der Waals surface area contributed by atoms with Crippen LogP contribution in [0.1, 0.15) is 42.8 Å². The summed E-state index contributed by atoms with van der Waals surface area (Å²) in [5, 5.41) is 15.8. The predicted octanol–water partition coefficient (Wildman–Crippen LogP) is 3.62. The molecule has 3 aromatic rings. The van der Waals surface area contributed by atoms with Crippen LogP contribution < -0.4 is 5.32 Å². The Kier molecular flexibility index (Phi) is 4.98. The zero-order chi connectivity index (χ0) is 18.8. The van der Waals surface area contributed by atoms with Crippen LogP contribution in [-0.4, -0.2) is 31.1 Å². The van der Waals surface area contributed by atoms with E-state index in [1.807, 2.05) is 25.1 Å². The fourth-order valence-corrected chi connectivity index (χ4v) is 3.67. The first-order valence-corrected chi connectivity index (χ1v) is 9.86. The van der Waals surface area contributed by atoms with Gasteiger partial charge in [0.2, 0.25) is 5.91 Å². The van der Waals surface area contributed by atoms with Crippen molar-refractivity contribution < 1.29 is 9.32 Å². The Bertz CT molecular complexity index is 933. The number of aromatic nitrogens is 4. The summed E-state index contributed by atoms with van der Waals surface area (Å²) < 4.78 is 7.13. The molecular formula is C19H21N5O2S. The van der Waals surface area contributed by atoms with Crippen LogP contribution in [0.2, 0.25) is 0 Å². The molecule has 0 spiro atoms. The van der Waals surface area contributed by atoms with Gasteiger partial charge in [0.15, 0.2) is 11.0 Å². The Hall–Kier alpha value is -2.61. The van der Waals surface area contributed by atoms with E-state index in [4.69, 9.17) is 4.52 Å². The van der Waals surface area contributed by atoms with Crippen molar-refractivity contribution in [2.75, 3.05) is 5.32 Å². The number of aryl methyl sites for hydroxylation is 1. The van der Waals surface area contributed by atoms with Crippen LogP contribution >= 0.6 is 11.8 Å². The number of rotatable bonds is 7. The molecule has 2 heterocycles. The largest absolute Gasteiger partial charge is 0.360 e. The maximum absolute atomic E-state index is 12.5. The minimum Gasteiger partial charge on any atom is -0.360 e. The smallest absolute Gasteiger partial charge is 0.238 e. The first-order valence-electron chi connectivity index (χ1n) is 8.98. The van der Waals surface area contributed by atoms with E-state index in [9.17, 15) is 4.79 Å². The number of hydrogen-bond donors (Lipinski definition) is 1. The summed E-state index contributed by atoms with van der Waals surface area (Å²) in [5.74, 6) is 2.44. The van der Waals surface area contributed by atoms with Gasteiger partial charge in [0, 0.05) is 12.0 Å². The number of hydrogen-bond acceptors (Lipinski definition) is 6. The highest BCUT2D eigenvalue weighted by molar-refractivity contribution is 8.00. The minimum atomic E-state index is -0.340. The molecule has 1 amide bonds. The minimum absolute atomic E-state index is 0.143. The van der Waals surface area contributed by atoms with Gasteiger partial charge in [-0.3, -0.25) is 4.79 Å². The van der Waals surface area contributed by atoms with Gasteiger partial charge >= 0.3 is 0 Å². The summed E-state index contributed by atoms with van der Waals surface area (Å²) in [6, 6.07) is 11.9. The molecule has 0 bridgehead atoms. The quantitative estimate of drug-likeness (QED) is 0.627. The molecule has 27 heavy (non-hydrogen) atoms. The highest BCUT2D eigenvalue weighted by atomic mass is 32.2. The molecule has 0 radical (unpaired) electrons. The number of anilines is 1. The van der Waals surface area contributed by atoms with Gasteiger partial charge < -0.3 is 14.4 Å². The van der Waals surface area contributed by atoms with Crippen molar-refractivity contribution in [3.8, 4) is 0 Å². The van der Waals surface area contributed by atoms with Gasteiger partial charge in [-0.15, -0.1) is 10.2 Å². The second-order valence-electron chi connectivity index (χ2n) is 6.76. The Morgan fingerprint density at radius 2 is 2.11 bits per heavy atom. The van der Waals surface area contributed by atoms with Crippen LogP contribution in [-0.2, 0) is 11.3 Å². The summed E-state index contributed by atoms with van der Waals surface area (Å²) in [5.41, 5.74) is 1.19. The molecule has 1 atom stereocenters. The van der Waals surface area contributed by atoms with Crippen molar-refractivity contribution in [2.45, 2.75) is 49.6 Å². The lowest BCUT2D eigenvalue weighted by Gasteiger charge is -2.13. The average Bonchev–Trinajstić information content (AvgIpc) is 3.32. The molecule has 4 rings (SSSR count). The molecule has 140 valence electrons. The zero-order valence-corrected chi connectivity index (χ0v) is 16.1. The second-order valence-corrected chi connectivity index (χ2v) is 8.07. The molecule has 0 saturated heterocycles. The molecular weight excluding hydrogens is 362 g/mol. The summed E-state index contributed by atoms with van der Waals surface area (Å²) in [6.07, 6.45) is 2.30. The van der Waals surface area contributed by atoms with Crippen molar-refractivity contribution >= 4 is 23.5 Å². The highest BCUT2D eigenvalue weighted by Gasteiger charge is 2.31. The molecule has 0 unspecified atom stereocenters. The Labute approximate surface area is 161 Å². The van der Waals surface area contributed by atoms with E-state index in [0.717, 1.165) is 23.8 Å². The van der Waals surface area contributed by atoms with Crippen molar-refractivity contribution in [2.24, 2.45) is 0 Å². The fourth-order valence-electron chi connectivity index (χ4n) is 2.81. The maximum Gasteiger partial charge on any atom is 0.238 e. The number of carbonyl (C=O) groups excluding carboxylic acids is 1. The normalized spacial score (nSPS) is 14.9. The van der Waals surface area contributed by atoms with Gasteiger partial charge in [-0.25, -0.2) is 0 Å². The Morgan fingerprint density at radius 1 is 1.33 bits per heavy atom. The summed E-state index contributed by atoms with van der Waals surface area (Å²) in [7, 11) is 0. The van der Waals surface area contributed by atoms with E-state index in [1.165, 1.54) is 17.3 Å². The van der Waals surface area contributed by atoms with Crippen LogP contribution in [0.4, 0.5) is 5.82 Å². The fraction of sp³-hybridized carbons (Fsp3) is 0.368. The third-order valence-electron chi connectivity index (χ3n) is 4.40. The SMILES string of the molecule is Cc1cc(NC(=O)[C@@H](C)Sc2nnc(C3CC3)n2Cc2ccccc2)no1. The molecule has 7 nitrogen and oxygen atoms in total. The van der Waals surface area contributed by atoms with Gasteiger partial charge in [-0.1, -0.05) is 47.3 Å². The molecule has 1 saturated carbocycles. The van der Waals surface area contributed by atoms with Crippen LogP contribution in [0.5, 0.6) is 0 Å². The summed E-state index contributed by atoms with van der Waals surface area (Å²) in [4.78, 5) is 12.5. The van der Waals surface area contributed by atoms with Gasteiger partial charge in [0.1, 0.15) is 11.6 Å². The topological polar surface area (TPSA) is 85.8 Å². The lowest BCUT2D eigenvalue weighted by molar-refractivity contribution is -0.115. The van der Waals surface area contributed by atoms with E-state index >= 15 is 0 Å². The second kappa shape index (κ2) is 7.56. The third-order valence-corrected chi connectivity index (χ3v) is 5.48. The zero-order valence-electron chi connectivity index (χ0n) is 15.3. The number of nitrogens with zero attached hydrogens (tertiary/aromatic N) is 4. The molecule has 0 aliphatic heterocycles. The van der Waals surface area contributed by atoms with Crippen molar-refractivity contribution in [1.82, 2.24) is 19.9 Å². The van der Waals surface area contributed by atoms with Crippen LogP contribution in [0.25, 0.3) is 0 Å². The molecule has 1 fully saturated rings. The van der Waals surface area contributed by atoms with Gasteiger partial charge in [0.05, 0.1) is 11.8 Å². The number of benzene rings is 1. The third kappa shape index (κ3) is 4.21. The van der Waals surface area contributed by atoms with Gasteiger partial charge in [0.25, 0.3) is 0 Å². The maximum atomic E-state index is 12.5. The average molecular weight is 383 g/mol. The highest BCUT2D eigenvalue weighted by Crippen LogP contribution is 2.40. The van der Waals surface area contributed by atoms with E-state index in [1.54, 1.807) is 13.0 Å². The van der Waals surface area contributed by atoms with Crippen LogP contribution in [0, 0.1) is 6.92 Å². The standard InChI is InChI=1S/C19H21N5O2S/c1-12-10-16(23-26-12)20-18(25)13(2)27-19-22-21-17(15-8-9-15)24(19)11-14-6-4-3-5-7-14/h3-7,10,13,15H,8-9,11H2,1-2H3,(H,20,23,25)/t13-/m1/s1. The van der Waals surface area contributed by atoms with Crippen molar-refractivity contribution in [3.63, 3.8) is 0 Å². The van der Waals surface area contributed by atoms with Crippen molar-refractivity contribution in [1.29, 1.82) is 0 Å². The molecule has 2 aromatic heterocycles. The Balaban J connectivity index is 1.50. The van der Waals surface area contributed by atoms with E-state index in [2.05, 4.69) is 37.4 Å². The van der Waals surface area contributed by atoms with E-state index in [-0.39, 0.29) is 11.2 Å². The number of amides is 1. The molecule has 1 aliphatic rings. The first kappa shape index (κ1) is 17.8.